The molecule has 2 aliphatic carbocycles. The van der Waals surface area contributed by atoms with Crippen LogP contribution in [0.1, 0.15) is 61.1 Å². The SMILES string of the molecule is Cc1nc2c(F)c(-c3cccc(Cl)c3Cl)c(CCC#N)cc2c2c1cc(C1CC(Oc3cnccn3)CN1C(=O)C1CC1)n2C1C2CNC1C2. The van der Waals surface area contributed by atoms with E-state index in [1.807, 2.05) is 17.9 Å². The van der Waals surface area contributed by atoms with Gasteiger partial charge in [0.05, 0.1) is 46.5 Å². The van der Waals surface area contributed by atoms with Gasteiger partial charge in [-0.05, 0) is 62.3 Å². The molecule has 0 radical (unpaired) electrons. The van der Waals surface area contributed by atoms with Gasteiger partial charge < -0.3 is 19.5 Å². The number of carbonyl (C=O) groups is 1. The second-order valence-electron chi connectivity index (χ2n) is 14.1. The Labute approximate surface area is 298 Å². The Kier molecular flexibility index (Phi) is 7.72. The summed E-state index contributed by atoms with van der Waals surface area (Å²) < 4.78 is 25.8. The molecule has 5 aliphatic rings. The lowest BCUT2D eigenvalue weighted by molar-refractivity contribution is -0.133. The van der Waals surface area contributed by atoms with Crippen LogP contribution in [-0.2, 0) is 11.2 Å². The van der Waals surface area contributed by atoms with Gasteiger partial charge in [0, 0.05) is 77.0 Å². The lowest BCUT2D eigenvalue weighted by atomic mass is 9.79. The van der Waals surface area contributed by atoms with Crippen LogP contribution in [0.5, 0.6) is 5.88 Å². The predicted molar refractivity (Wildman–Crippen MR) is 189 cm³/mol. The maximum absolute atomic E-state index is 17.1. The van der Waals surface area contributed by atoms with E-state index in [4.69, 9.17) is 32.9 Å². The maximum Gasteiger partial charge on any atom is 0.232 e. The minimum atomic E-state index is -0.488. The number of pyridine rings is 1. The summed E-state index contributed by atoms with van der Waals surface area (Å²) in [5, 5.41) is 15.5. The molecule has 2 aromatic carbocycles. The van der Waals surface area contributed by atoms with Crippen molar-refractivity contribution in [1.82, 2.24) is 29.7 Å². The summed E-state index contributed by atoms with van der Waals surface area (Å²) in [4.78, 5) is 29.3. The van der Waals surface area contributed by atoms with Crippen LogP contribution in [0.4, 0.5) is 4.39 Å². The Morgan fingerprint density at radius 2 is 2.04 bits per heavy atom. The van der Waals surface area contributed by atoms with E-state index in [9.17, 15) is 10.1 Å². The van der Waals surface area contributed by atoms with E-state index >= 15 is 4.39 Å². The van der Waals surface area contributed by atoms with Gasteiger partial charge >= 0.3 is 0 Å². The number of benzene rings is 2. The fourth-order valence-corrected chi connectivity index (χ4v) is 8.98. The van der Waals surface area contributed by atoms with Crippen LogP contribution < -0.4 is 10.1 Å². The minimum Gasteiger partial charge on any atom is -0.471 e. The van der Waals surface area contributed by atoms with Crippen LogP contribution >= 0.6 is 23.2 Å². The quantitative estimate of drug-likeness (QED) is 0.178. The number of hydrogen-bond donors (Lipinski definition) is 1. The van der Waals surface area contributed by atoms with E-state index in [-0.39, 0.29) is 53.0 Å². The van der Waals surface area contributed by atoms with E-state index < -0.39 is 5.82 Å². The molecule has 50 heavy (non-hydrogen) atoms. The summed E-state index contributed by atoms with van der Waals surface area (Å²) in [6, 6.07) is 11.7. The third kappa shape index (κ3) is 5.04. The van der Waals surface area contributed by atoms with Gasteiger partial charge in [0.1, 0.15) is 11.6 Å². The van der Waals surface area contributed by atoms with E-state index in [1.54, 1.807) is 36.8 Å². The van der Waals surface area contributed by atoms with Gasteiger partial charge in [0.2, 0.25) is 11.8 Å². The molecule has 3 saturated heterocycles. The number of hydrogen-bond acceptors (Lipinski definition) is 7. The molecule has 2 saturated carbocycles. The fourth-order valence-electron chi connectivity index (χ4n) is 8.59. The summed E-state index contributed by atoms with van der Waals surface area (Å²) in [6.07, 6.45) is 8.52. The number of nitrogens with one attached hydrogen (secondary N) is 1. The van der Waals surface area contributed by atoms with Crippen molar-refractivity contribution in [3.8, 4) is 23.1 Å². The monoisotopic (exact) mass is 709 g/mol. The zero-order valence-electron chi connectivity index (χ0n) is 27.4. The van der Waals surface area contributed by atoms with Crippen molar-refractivity contribution in [3.05, 3.63) is 81.7 Å². The number of nitrogens with zero attached hydrogens (tertiary/aromatic N) is 6. The predicted octanol–water partition coefficient (Wildman–Crippen LogP) is 7.52. The van der Waals surface area contributed by atoms with Gasteiger partial charge in [-0.2, -0.15) is 5.26 Å². The molecule has 10 rings (SSSR count). The summed E-state index contributed by atoms with van der Waals surface area (Å²) >= 11 is 13.1. The number of amides is 1. The Morgan fingerprint density at radius 3 is 2.76 bits per heavy atom. The third-order valence-corrected chi connectivity index (χ3v) is 11.9. The Balaban J connectivity index is 1.27. The van der Waals surface area contributed by atoms with Crippen LogP contribution in [0.25, 0.3) is 32.9 Å². The van der Waals surface area contributed by atoms with Crippen molar-refractivity contribution < 1.29 is 13.9 Å². The second kappa shape index (κ2) is 12.2. The van der Waals surface area contributed by atoms with Crippen molar-refractivity contribution in [2.24, 2.45) is 11.8 Å². The first-order valence-electron chi connectivity index (χ1n) is 17.3. The first-order chi connectivity index (χ1) is 24.3. The molecule has 254 valence electrons. The van der Waals surface area contributed by atoms with Gasteiger partial charge in [-0.1, -0.05) is 35.3 Å². The van der Waals surface area contributed by atoms with Crippen molar-refractivity contribution >= 4 is 50.9 Å². The van der Waals surface area contributed by atoms with Crippen LogP contribution in [-0.4, -0.2) is 55.6 Å². The van der Waals surface area contributed by atoms with Gasteiger partial charge in [-0.25, -0.2) is 14.4 Å². The summed E-state index contributed by atoms with van der Waals surface area (Å²) in [5.41, 5.74) is 4.32. The smallest absolute Gasteiger partial charge is 0.232 e. The van der Waals surface area contributed by atoms with E-state index in [0.717, 1.165) is 42.4 Å². The molecule has 12 heteroatoms. The van der Waals surface area contributed by atoms with Gasteiger partial charge in [0.15, 0.2) is 5.82 Å². The van der Waals surface area contributed by atoms with E-state index in [1.165, 1.54) is 0 Å². The number of rotatable bonds is 8. The summed E-state index contributed by atoms with van der Waals surface area (Å²) in [7, 11) is 0. The van der Waals surface area contributed by atoms with Crippen molar-refractivity contribution in [2.45, 2.75) is 69.7 Å². The third-order valence-electron chi connectivity index (χ3n) is 11.1. The molecule has 6 heterocycles. The van der Waals surface area contributed by atoms with Crippen molar-refractivity contribution in [2.75, 3.05) is 13.1 Å². The molecule has 5 aromatic rings. The number of halogens is 3. The van der Waals surface area contributed by atoms with E-state index in [2.05, 4.69) is 32.0 Å². The van der Waals surface area contributed by atoms with Gasteiger partial charge in [-0.15, -0.1) is 0 Å². The highest BCUT2D eigenvalue weighted by molar-refractivity contribution is 6.43. The highest BCUT2D eigenvalue weighted by Crippen LogP contribution is 2.51. The maximum atomic E-state index is 17.1. The Morgan fingerprint density at radius 1 is 1.18 bits per heavy atom. The zero-order chi connectivity index (χ0) is 34.3. The molecular formula is C38H34Cl2FN7O2. The summed E-state index contributed by atoms with van der Waals surface area (Å²) in [5.74, 6) is 0.536. The van der Waals surface area contributed by atoms with Gasteiger partial charge in [0.25, 0.3) is 0 Å². The molecule has 5 unspecified atom stereocenters. The first-order valence-corrected chi connectivity index (χ1v) is 18.0. The molecule has 2 bridgehead atoms. The topological polar surface area (TPSA) is 109 Å². The highest BCUT2D eigenvalue weighted by Gasteiger charge is 2.51. The Hall–Kier alpha value is -4.30. The number of aryl methyl sites for hydroxylation is 2. The largest absolute Gasteiger partial charge is 0.471 e. The number of ether oxygens (including phenoxy) is 1. The molecule has 1 N–H and O–H groups in total. The van der Waals surface area contributed by atoms with Crippen molar-refractivity contribution in [3.63, 3.8) is 0 Å². The molecule has 0 spiro atoms. The minimum absolute atomic E-state index is 0.0323. The number of likely N-dealkylation sites (tertiary alicyclic amines) is 1. The lowest BCUT2D eigenvalue weighted by Gasteiger charge is -2.39. The molecule has 5 fully saturated rings. The standard InChI is InChI=1S/C38H34Cl2FN7O2/c1-19-25-15-30(29-14-23(50-31-17-43-10-11-44-31)18-47(29)38(49)20-7-8-20)48(36-22-13-28(36)45-16-22)37(25)26-12-21(4-3-9-42)32(34(41)35(26)46-19)24-5-2-6-27(39)33(24)40/h2,5-6,10-12,15,17,20,22-23,28-29,36,45H,3-4,7-8,13-14,16,18H2,1H3. The first kappa shape index (κ1) is 31.7. The average molecular weight is 711 g/mol. The molecule has 9 nitrogen and oxygen atoms in total. The molecule has 3 aliphatic heterocycles. The number of carbonyl (C=O) groups excluding carboxylic acids is 1. The highest BCUT2D eigenvalue weighted by atomic mass is 35.5. The second-order valence-corrected chi connectivity index (χ2v) is 14.9. The lowest BCUT2D eigenvalue weighted by Crippen LogP contribution is -2.41. The van der Waals surface area contributed by atoms with Crippen LogP contribution in [0.3, 0.4) is 0 Å². The molecular weight excluding hydrogens is 676 g/mol. The number of fused-ring (bicyclic) bond motifs is 4. The fraction of sp³-hybridized carbons (Fsp3) is 0.395. The van der Waals surface area contributed by atoms with Gasteiger partial charge in [-0.3, -0.25) is 9.78 Å². The van der Waals surface area contributed by atoms with Crippen LogP contribution in [0, 0.1) is 35.9 Å². The van der Waals surface area contributed by atoms with Crippen LogP contribution in [0.15, 0.2) is 48.9 Å². The number of aromatic nitrogens is 4. The molecule has 5 atom stereocenters. The zero-order valence-corrected chi connectivity index (χ0v) is 28.9. The molecule has 3 aromatic heterocycles. The Bertz CT molecular complexity index is 2220. The normalized spacial score (nSPS) is 24.1. The summed E-state index contributed by atoms with van der Waals surface area (Å²) in [6.45, 7) is 3.27. The van der Waals surface area contributed by atoms with Crippen LogP contribution in [0.2, 0.25) is 10.0 Å². The average Bonchev–Trinajstić information content (AvgIpc) is 3.40. The number of nitriles is 1. The van der Waals surface area contributed by atoms with E-state index in [0.29, 0.717) is 64.0 Å². The molecule has 1 amide bonds. The van der Waals surface area contributed by atoms with Crippen molar-refractivity contribution in [1.29, 1.82) is 5.26 Å².